The van der Waals surface area contributed by atoms with E-state index in [1.165, 1.54) is 36.9 Å². The SMILES string of the molecule is O=C(NCc1cccc(S(=O)(=O)NCCc2cnc[nH]2)c1)c1cnc(C2=CC=CC(F)C2)nc1. The Kier molecular flexibility index (Phi) is 7.24. The van der Waals surface area contributed by atoms with Crippen LogP contribution in [0.25, 0.3) is 5.57 Å². The van der Waals surface area contributed by atoms with Gasteiger partial charge >= 0.3 is 0 Å². The predicted octanol–water partition coefficient (Wildman–Crippen LogP) is 2.33. The second kappa shape index (κ2) is 10.5. The second-order valence-corrected chi connectivity index (χ2v) is 9.41. The molecule has 1 unspecified atom stereocenters. The van der Waals surface area contributed by atoms with Gasteiger partial charge in [0.2, 0.25) is 10.0 Å². The monoisotopic (exact) mass is 482 g/mol. The number of hydrogen-bond donors (Lipinski definition) is 3. The van der Waals surface area contributed by atoms with Crippen LogP contribution >= 0.6 is 0 Å². The Labute approximate surface area is 196 Å². The smallest absolute Gasteiger partial charge is 0.254 e. The van der Waals surface area contributed by atoms with Gasteiger partial charge < -0.3 is 10.3 Å². The summed E-state index contributed by atoms with van der Waals surface area (Å²) in [6, 6.07) is 6.34. The Morgan fingerprint density at radius 1 is 1.21 bits per heavy atom. The Hall–Kier alpha value is -3.70. The molecule has 1 aliphatic carbocycles. The van der Waals surface area contributed by atoms with Gasteiger partial charge in [-0.1, -0.05) is 30.4 Å². The maximum absolute atomic E-state index is 13.5. The van der Waals surface area contributed by atoms with Crippen molar-refractivity contribution in [2.24, 2.45) is 0 Å². The largest absolute Gasteiger partial charge is 0.348 e. The number of imidazole rings is 1. The Morgan fingerprint density at radius 2 is 2.03 bits per heavy atom. The molecule has 0 bridgehead atoms. The van der Waals surface area contributed by atoms with Crippen LogP contribution in [0.5, 0.6) is 0 Å². The van der Waals surface area contributed by atoms with Crippen LogP contribution in [-0.2, 0) is 23.0 Å². The standard InChI is InChI=1S/C23H23FN6O3S/c24-19-5-2-4-17(10-19)22-26-12-18(13-27-22)23(31)28-11-16-3-1-6-21(9-16)34(32,33)30-8-7-20-14-25-15-29-20/h1-6,9,12-15,19,30H,7-8,10-11H2,(H,25,29)(H,28,31). The number of hydrogen-bond acceptors (Lipinski definition) is 6. The Bertz CT molecular complexity index is 1300. The van der Waals surface area contributed by atoms with Crippen LogP contribution in [0, 0.1) is 0 Å². The Morgan fingerprint density at radius 3 is 2.76 bits per heavy atom. The molecule has 0 saturated carbocycles. The zero-order chi connectivity index (χ0) is 24.0. The summed E-state index contributed by atoms with van der Waals surface area (Å²) in [5.41, 5.74) is 2.36. The van der Waals surface area contributed by atoms with E-state index in [1.807, 2.05) is 0 Å². The highest BCUT2D eigenvalue weighted by Gasteiger charge is 2.16. The van der Waals surface area contributed by atoms with Crippen LogP contribution in [0.1, 0.15) is 33.9 Å². The van der Waals surface area contributed by atoms with Gasteiger partial charge in [0.1, 0.15) is 6.17 Å². The number of H-pyrrole nitrogens is 1. The molecule has 11 heteroatoms. The molecule has 1 aliphatic rings. The summed E-state index contributed by atoms with van der Waals surface area (Å²) in [4.78, 5) is 27.7. The number of halogens is 1. The van der Waals surface area contributed by atoms with Gasteiger partial charge in [-0.05, 0) is 23.3 Å². The number of aromatic amines is 1. The molecule has 0 aliphatic heterocycles. The van der Waals surface area contributed by atoms with Crippen molar-refractivity contribution in [3.05, 3.63) is 90.1 Å². The van der Waals surface area contributed by atoms with Crippen molar-refractivity contribution < 1.29 is 17.6 Å². The highest BCUT2D eigenvalue weighted by Crippen LogP contribution is 2.22. The zero-order valence-corrected chi connectivity index (χ0v) is 18.9. The van der Waals surface area contributed by atoms with Crippen LogP contribution in [0.3, 0.4) is 0 Å². The number of nitrogens with one attached hydrogen (secondary N) is 3. The molecule has 0 saturated heterocycles. The number of sulfonamides is 1. The van der Waals surface area contributed by atoms with Crippen molar-refractivity contribution in [2.75, 3.05) is 6.54 Å². The third kappa shape index (κ3) is 6.00. The zero-order valence-electron chi connectivity index (χ0n) is 18.1. The topological polar surface area (TPSA) is 130 Å². The van der Waals surface area contributed by atoms with Crippen molar-refractivity contribution in [3.8, 4) is 0 Å². The fourth-order valence-electron chi connectivity index (χ4n) is 3.35. The molecule has 2 aromatic heterocycles. The van der Waals surface area contributed by atoms with Crippen molar-refractivity contribution in [3.63, 3.8) is 0 Å². The fraction of sp³-hybridized carbons (Fsp3) is 0.217. The van der Waals surface area contributed by atoms with E-state index in [9.17, 15) is 17.6 Å². The lowest BCUT2D eigenvalue weighted by Gasteiger charge is -2.11. The highest BCUT2D eigenvalue weighted by molar-refractivity contribution is 7.89. The first kappa shape index (κ1) is 23.5. The van der Waals surface area contributed by atoms with Gasteiger partial charge in [-0.25, -0.2) is 32.5 Å². The molecule has 0 fully saturated rings. The van der Waals surface area contributed by atoms with E-state index in [0.717, 1.165) is 5.69 Å². The number of benzene rings is 1. The molecule has 176 valence electrons. The molecular formula is C23H23FN6O3S. The number of amides is 1. The maximum Gasteiger partial charge on any atom is 0.254 e. The van der Waals surface area contributed by atoms with Crippen LogP contribution in [0.15, 0.2) is 72.3 Å². The molecule has 0 radical (unpaired) electrons. The number of carbonyl (C=O) groups is 1. The first-order chi connectivity index (χ1) is 16.4. The third-order valence-electron chi connectivity index (χ3n) is 5.14. The van der Waals surface area contributed by atoms with Gasteiger partial charge in [-0.2, -0.15) is 0 Å². The summed E-state index contributed by atoms with van der Waals surface area (Å²) in [6.07, 6.45) is 10.4. The van der Waals surface area contributed by atoms with Crippen LogP contribution < -0.4 is 10.0 Å². The van der Waals surface area contributed by atoms with E-state index >= 15 is 0 Å². The number of alkyl halides is 1. The molecule has 4 rings (SSSR count). The molecule has 3 aromatic rings. The summed E-state index contributed by atoms with van der Waals surface area (Å²) in [7, 11) is -3.70. The van der Waals surface area contributed by atoms with Crippen molar-refractivity contribution in [1.82, 2.24) is 30.0 Å². The van der Waals surface area contributed by atoms with Crippen molar-refractivity contribution in [1.29, 1.82) is 0 Å². The predicted molar refractivity (Wildman–Crippen MR) is 124 cm³/mol. The van der Waals surface area contributed by atoms with Crippen LogP contribution in [0.4, 0.5) is 4.39 Å². The number of aromatic nitrogens is 4. The van der Waals surface area contributed by atoms with Gasteiger partial charge in [0.25, 0.3) is 5.91 Å². The summed E-state index contributed by atoms with van der Waals surface area (Å²) in [6.45, 7) is 0.345. The van der Waals surface area contributed by atoms with Gasteiger partial charge in [0, 0.05) is 50.2 Å². The number of nitrogens with zero attached hydrogens (tertiary/aromatic N) is 3. The first-order valence-corrected chi connectivity index (χ1v) is 12.1. The van der Waals surface area contributed by atoms with E-state index in [2.05, 4.69) is 30.0 Å². The van der Waals surface area contributed by atoms with Crippen molar-refractivity contribution in [2.45, 2.75) is 30.5 Å². The normalized spacial score (nSPS) is 15.7. The maximum atomic E-state index is 13.5. The summed E-state index contributed by atoms with van der Waals surface area (Å²) in [5, 5.41) is 2.73. The highest BCUT2D eigenvalue weighted by atomic mass is 32.2. The van der Waals surface area contributed by atoms with E-state index in [4.69, 9.17) is 0 Å². The molecule has 1 aromatic carbocycles. The molecule has 34 heavy (non-hydrogen) atoms. The minimum Gasteiger partial charge on any atom is -0.348 e. The van der Waals surface area contributed by atoms with Gasteiger partial charge in [0.05, 0.1) is 16.8 Å². The molecule has 3 N–H and O–H groups in total. The second-order valence-electron chi connectivity index (χ2n) is 7.65. The lowest BCUT2D eigenvalue weighted by Crippen LogP contribution is -2.26. The van der Waals surface area contributed by atoms with E-state index in [-0.39, 0.29) is 30.0 Å². The third-order valence-corrected chi connectivity index (χ3v) is 6.60. The number of carbonyl (C=O) groups excluding carboxylic acids is 1. The molecule has 1 atom stereocenters. The number of allylic oxidation sites excluding steroid dienone is 4. The van der Waals surface area contributed by atoms with E-state index in [1.54, 1.807) is 30.5 Å². The van der Waals surface area contributed by atoms with E-state index in [0.29, 0.717) is 23.4 Å². The van der Waals surface area contributed by atoms with E-state index < -0.39 is 22.1 Å². The Balaban J connectivity index is 1.33. The molecule has 9 nitrogen and oxygen atoms in total. The minimum atomic E-state index is -3.70. The lowest BCUT2D eigenvalue weighted by molar-refractivity contribution is 0.0950. The average molecular weight is 483 g/mol. The summed E-state index contributed by atoms with van der Waals surface area (Å²) >= 11 is 0. The molecule has 2 heterocycles. The first-order valence-electron chi connectivity index (χ1n) is 10.6. The summed E-state index contributed by atoms with van der Waals surface area (Å²) in [5.74, 6) is -0.0279. The van der Waals surface area contributed by atoms with Gasteiger partial charge in [0.15, 0.2) is 5.82 Å². The fourth-order valence-corrected chi connectivity index (χ4v) is 4.45. The van der Waals surface area contributed by atoms with Crippen LogP contribution in [-0.4, -0.2) is 47.0 Å². The van der Waals surface area contributed by atoms with Gasteiger partial charge in [-0.15, -0.1) is 0 Å². The van der Waals surface area contributed by atoms with Crippen molar-refractivity contribution >= 4 is 21.5 Å². The molecular weight excluding hydrogens is 459 g/mol. The quantitative estimate of drug-likeness (QED) is 0.429. The minimum absolute atomic E-state index is 0.109. The number of rotatable bonds is 9. The molecule has 1 amide bonds. The lowest BCUT2D eigenvalue weighted by atomic mass is 10.0. The average Bonchev–Trinajstić information content (AvgIpc) is 3.36. The van der Waals surface area contributed by atoms with Crippen LogP contribution in [0.2, 0.25) is 0 Å². The molecule has 0 spiro atoms. The summed E-state index contributed by atoms with van der Waals surface area (Å²) < 4.78 is 41.2. The van der Waals surface area contributed by atoms with Gasteiger partial charge in [-0.3, -0.25) is 4.79 Å².